The van der Waals surface area contributed by atoms with Crippen LogP contribution in [-0.2, 0) is 22.6 Å². The minimum atomic E-state index is -5.29. The summed E-state index contributed by atoms with van der Waals surface area (Å²) in [4.78, 5) is 34.0. The van der Waals surface area contributed by atoms with Crippen molar-refractivity contribution in [3.63, 3.8) is 0 Å². The molecule has 0 aliphatic carbocycles. The van der Waals surface area contributed by atoms with Crippen molar-refractivity contribution in [3.05, 3.63) is 95.0 Å². The summed E-state index contributed by atoms with van der Waals surface area (Å²) < 4.78 is 44.7. The highest BCUT2D eigenvalue weighted by molar-refractivity contribution is 6.30. The third-order valence-electron chi connectivity index (χ3n) is 7.42. The maximum Gasteiger partial charge on any atom is 0.493 e. The van der Waals surface area contributed by atoms with Crippen LogP contribution in [0.25, 0.3) is 0 Å². The molecule has 0 aromatic heterocycles. The average Bonchev–Trinajstić information content (AvgIpc) is 3.01. The number of nitrogens with zero attached hydrogens (tertiary/aromatic N) is 3. The molecule has 4 rings (SSSR count). The Labute approximate surface area is 254 Å². The predicted octanol–water partition coefficient (Wildman–Crippen LogP) is 7.14. The molecule has 0 atom stereocenters. The van der Waals surface area contributed by atoms with Crippen LogP contribution in [0.5, 0.6) is 5.75 Å². The van der Waals surface area contributed by atoms with E-state index in [0.717, 1.165) is 37.9 Å². The first kappa shape index (κ1) is 32.2. The quantitative estimate of drug-likeness (QED) is 0.226. The van der Waals surface area contributed by atoms with Gasteiger partial charge in [-0.25, -0.2) is 9.59 Å². The molecule has 7 nitrogen and oxygen atoms in total. The molecule has 0 radical (unpaired) electrons. The number of anilines is 1. The lowest BCUT2D eigenvalue weighted by molar-refractivity contribution is -0.200. The molecule has 11 heteroatoms. The third kappa shape index (κ3) is 9.62. The molecular weight excluding hydrogens is 583 g/mol. The standard InChI is InChI=1S/C32H35ClF3N3O4/c1-42-29-14-12-28(13-15-29)39(43-30(40)32(34,35)36)31(41)38(23-26-8-10-27(33)11-9-26)19-5-18-37-20-16-25(17-21-37)22-24-6-3-2-4-7-24/h2-4,6-15,25H,5,16-23H2,1H3. The van der Waals surface area contributed by atoms with Gasteiger partial charge >= 0.3 is 18.2 Å². The van der Waals surface area contributed by atoms with E-state index < -0.39 is 18.2 Å². The molecule has 0 N–H and O–H groups in total. The number of benzene rings is 3. The Bertz CT molecular complexity index is 1320. The fraction of sp³-hybridized carbons (Fsp3) is 0.375. The minimum absolute atomic E-state index is 0.0509. The summed E-state index contributed by atoms with van der Waals surface area (Å²) in [6.07, 6.45) is -1.53. The summed E-state index contributed by atoms with van der Waals surface area (Å²) in [7, 11) is 1.43. The van der Waals surface area contributed by atoms with Crippen LogP contribution in [0.3, 0.4) is 0 Å². The number of ether oxygens (including phenoxy) is 1. The van der Waals surface area contributed by atoms with Crippen molar-refractivity contribution in [2.45, 2.75) is 38.4 Å². The van der Waals surface area contributed by atoms with E-state index in [1.165, 1.54) is 41.8 Å². The maximum absolute atomic E-state index is 13.8. The molecular formula is C32H35ClF3N3O4. The monoisotopic (exact) mass is 617 g/mol. The van der Waals surface area contributed by atoms with Gasteiger partial charge in [-0.15, -0.1) is 5.06 Å². The van der Waals surface area contributed by atoms with Crippen LogP contribution >= 0.6 is 11.6 Å². The van der Waals surface area contributed by atoms with Gasteiger partial charge in [0, 0.05) is 18.1 Å². The van der Waals surface area contributed by atoms with Gasteiger partial charge in [-0.3, -0.25) is 0 Å². The molecule has 0 bridgehead atoms. The lowest BCUT2D eigenvalue weighted by Crippen LogP contribution is -2.47. The molecule has 3 aromatic rings. The first-order valence-electron chi connectivity index (χ1n) is 14.2. The molecule has 1 heterocycles. The van der Waals surface area contributed by atoms with Gasteiger partial charge in [0.25, 0.3) is 0 Å². The van der Waals surface area contributed by atoms with Gasteiger partial charge in [0.15, 0.2) is 0 Å². The Hall–Kier alpha value is -3.76. The molecule has 1 aliphatic heterocycles. The number of rotatable bonds is 10. The Morgan fingerprint density at radius 2 is 1.58 bits per heavy atom. The molecule has 1 fully saturated rings. The number of hydrogen-bond acceptors (Lipinski definition) is 5. The number of likely N-dealkylation sites (tertiary alicyclic amines) is 1. The van der Waals surface area contributed by atoms with Crippen molar-refractivity contribution in [1.82, 2.24) is 9.80 Å². The topological polar surface area (TPSA) is 62.3 Å². The first-order valence-corrected chi connectivity index (χ1v) is 14.5. The van der Waals surface area contributed by atoms with Gasteiger partial charge in [-0.2, -0.15) is 13.2 Å². The van der Waals surface area contributed by atoms with E-state index >= 15 is 0 Å². The van der Waals surface area contributed by atoms with Crippen molar-refractivity contribution in [2.24, 2.45) is 5.92 Å². The summed E-state index contributed by atoms with van der Waals surface area (Å²) in [5.74, 6) is -1.46. The van der Waals surface area contributed by atoms with Crippen molar-refractivity contribution in [2.75, 3.05) is 38.4 Å². The number of alkyl halides is 3. The summed E-state index contributed by atoms with van der Waals surface area (Å²) in [6.45, 7) is 2.88. The number of halogens is 4. The average molecular weight is 618 g/mol. The van der Waals surface area contributed by atoms with Gasteiger partial charge in [0.1, 0.15) is 5.75 Å². The zero-order chi connectivity index (χ0) is 30.8. The Kier molecular flexibility index (Phi) is 11.3. The normalized spacial score (nSPS) is 14.3. The number of carbonyl (C=O) groups excluding carboxylic acids is 2. The van der Waals surface area contributed by atoms with Gasteiger partial charge in [0.05, 0.1) is 12.8 Å². The third-order valence-corrected chi connectivity index (χ3v) is 7.67. The smallest absolute Gasteiger partial charge is 0.493 e. The molecule has 0 spiro atoms. The molecule has 1 saturated heterocycles. The summed E-state index contributed by atoms with van der Waals surface area (Å²) in [5.41, 5.74) is 2.01. The number of hydroxylamine groups is 1. The number of amides is 2. The lowest BCUT2D eigenvalue weighted by Gasteiger charge is -2.33. The number of hydrogen-bond donors (Lipinski definition) is 0. The van der Waals surface area contributed by atoms with Crippen molar-refractivity contribution >= 4 is 29.3 Å². The molecule has 2 amide bonds. The van der Waals surface area contributed by atoms with Crippen molar-refractivity contribution < 1.29 is 32.3 Å². The van der Waals surface area contributed by atoms with Crippen LogP contribution in [0.15, 0.2) is 78.9 Å². The zero-order valence-electron chi connectivity index (χ0n) is 23.9. The van der Waals surface area contributed by atoms with Gasteiger partial charge in [0.2, 0.25) is 0 Å². The van der Waals surface area contributed by atoms with E-state index in [1.54, 1.807) is 24.3 Å². The Morgan fingerprint density at radius 1 is 0.930 bits per heavy atom. The number of carbonyl (C=O) groups is 2. The summed E-state index contributed by atoms with van der Waals surface area (Å²) >= 11 is 6.02. The van der Waals surface area contributed by atoms with E-state index in [1.807, 2.05) is 6.07 Å². The molecule has 3 aromatic carbocycles. The molecule has 0 unspecified atom stereocenters. The molecule has 0 saturated carbocycles. The second kappa shape index (κ2) is 15.1. The SMILES string of the molecule is COc1ccc(N(OC(=O)C(F)(F)F)C(=O)N(CCCN2CCC(Cc3ccccc3)CC2)Cc2ccc(Cl)cc2)cc1. The molecule has 43 heavy (non-hydrogen) atoms. The Morgan fingerprint density at radius 3 is 2.19 bits per heavy atom. The van der Waals surface area contributed by atoms with Crippen LogP contribution < -0.4 is 9.80 Å². The number of piperidine rings is 1. The van der Waals surface area contributed by atoms with E-state index in [0.29, 0.717) is 34.7 Å². The molecule has 230 valence electrons. The van der Waals surface area contributed by atoms with Crippen LogP contribution in [0.4, 0.5) is 23.7 Å². The van der Waals surface area contributed by atoms with Gasteiger partial charge < -0.3 is 19.4 Å². The van der Waals surface area contributed by atoms with E-state index in [9.17, 15) is 22.8 Å². The van der Waals surface area contributed by atoms with Crippen LogP contribution in [0.1, 0.15) is 30.4 Å². The highest BCUT2D eigenvalue weighted by Crippen LogP contribution is 2.26. The summed E-state index contributed by atoms with van der Waals surface area (Å²) in [6, 6.07) is 22.0. The predicted molar refractivity (Wildman–Crippen MR) is 159 cm³/mol. The molecule has 1 aliphatic rings. The van der Waals surface area contributed by atoms with Crippen LogP contribution in [0.2, 0.25) is 5.02 Å². The van der Waals surface area contributed by atoms with Gasteiger partial charge in [-0.1, -0.05) is 54.1 Å². The highest BCUT2D eigenvalue weighted by Gasteiger charge is 2.44. The van der Waals surface area contributed by atoms with E-state index in [4.69, 9.17) is 16.3 Å². The second-order valence-corrected chi connectivity index (χ2v) is 11.0. The number of methoxy groups -OCH3 is 1. The van der Waals surface area contributed by atoms with Crippen LogP contribution in [0, 0.1) is 5.92 Å². The fourth-order valence-electron chi connectivity index (χ4n) is 5.08. The largest absolute Gasteiger partial charge is 0.497 e. The summed E-state index contributed by atoms with van der Waals surface area (Å²) in [5, 5.41) is 0.900. The highest BCUT2D eigenvalue weighted by atomic mass is 35.5. The van der Waals surface area contributed by atoms with Gasteiger partial charge in [-0.05, 0) is 98.8 Å². The Balaban J connectivity index is 1.44. The lowest BCUT2D eigenvalue weighted by atomic mass is 9.90. The minimum Gasteiger partial charge on any atom is -0.497 e. The number of urea groups is 1. The van der Waals surface area contributed by atoms with Crippen molar-refractivity contribution in [1.29, 1.82) is 0 Å². The van der Waals surface area contributed by atoms with Crippen LogP contribution in [-0.4, -0.2) is 61.3 Å². The fourth-order valence-corrected chi connectivity index (χ4v) is 5.21. The van der Waals surface area contributed by atoms with Crippen molar-refractivity contribution in [3.8, 4) is 5.75 Å². The first-order chi connectivity index (χ1) is 20.6. The second-order valence-electron chi connectivity index (χ2n) is 10.5. The van der Waals surface area contributed by atoms with E-state index in [-0.39, 0.29) is 18.8 Å². The zero-order valence-corrected chi connectivity index (χ0v) is 24.7. The van der Waals surface area contributed by atoms with E-state index in [2.05, 4.69) is 34.0 Å². The maximum atomic E-state index is 13.8.